The number of hydrogen-bond donors (Lipinski definition) is 1. The predicted molar refractivity (Wildman–Crippen MR) is 42.8 cm³/mol. The van der Waals surface area contributed by atoms with E-state index in [0.717, 1.165) is 0 Å². The second-order valence-corrected chi connectivity index (χ2v) is 2.63. The lowest BCUT2D eigenvalue weighted by Crippen LogP contribution is -2.40. The number of halogens is 3. The molecule has 0 heterocycles. The van der Waals surface area contributed by atoms with Gasteiger partial charge in [-0.3, -0.25) is 0 Å². The smallest absolute Gasteiger partial charge is 0.425 e. The molecule has 0 aromatic heterocycles. The summed E-state index contributed by atoms with van der Waals surface area (Å²) in [6.45, 7) is 2.94. The highest BCUT2D eigenvalue weighted by molar-refractivity contribution is 5.73. The third-order valence-corrected chi connectivity index (χ3v) is 1.34. The van der Waals surface area contributed by atoms with Crippen LogP contribution in [-0.4, -0.2) is 29.5 Å². The van der Waals surface area contributed by atoms with Crippen molar-refractivity contribution in [2.75, 3.05) is 0 Å². The van der Waals surface area contributed by atoms with Crippen molar-refractivity contribution in [1.82, 2.24) is 0 Å². The van der Waals surface area contributed by atoms with Crippen molar-refractivity contribution in [2.45, 2.75) is 32.2 Å². The number of carboxylic acid groups (broad SMARTS) is 1. The molecule has 1 N–H and O–H groups in total. The topological polar surface area (TPSA) is 46.5 Å². The third kappa shape index (κ3) is 4.27. The van der Waals surface area contributed by atoms with Crippen molar-refractivity contribution in [3.8, 4) is 0 Å². The van der Waals surface area contributed by atoms with Gasteiger partial charge in [-0.25, -0.2) is 4.79 Å². The third-order valence-electron chi connectivity index (χ3n) is 1.34. The van der Waals surface area contributed by atoms with Crippen LogP contribution in [0, 0.1) is 0 Å². The molecule has 6 heteroatoms. The molecule has 2 atom stereocenters. The largest absolute Gasteiger partial charge is 0.479 e. The van der Waals surface area contributed by atoms with E-state index in [1.165, 1.54) is 19.1 Å². The first-order chi connectivity index (χ1) is 6.29. The van der Waals surface area contributed by atoms with E-state index in [0.29, 0.717) is 0 Å². The van der Waals surface area contributed by atoms with Crippen LogP contribution in [-0.2, 0) is 9.53 Å². The zero-order valence-corrected chi connectivity index (χ0v) is 7.71. The molecular weight excluding hydrogens is 201 g/mol. The molecule has 0 aliphatic carbocycles. The fourth-order valence-electron chi connectivity index (χ4n) is 0.806. The first-order valence-corrected chi connectivity index (χ1v) is 3.86. The molecule has 0 amide bonds. The SMILES string of the molecule is CC=CC(C)OC(C(=O)O)C(F)(F)F. The van der Waals surface area contributed by atoms with E-state index in [1.807, 2.05) is 0 Å². The maximum atomic E-state index is 12.0. The van der Waals surface area contributed by atoms with Crippen molar-refractivity contribution in [3.63, 3.8) is 0 Å². The van der Waals surface area contributed by atoms with Crippen molar-refractivity contribution in [1.29, 1.82) is 0 Å². The molecule has 0 saturated carbocycles. The Kier molecular flexibility index (Phi) is 4.62. The standard InChI is InChI=1S/C8H11F3O3/c1-3-4-5(2)14-6(7(12)13)8(9,10)11/h3-6H,1-2H3,(H,12,13). The van der Waals surface area contributed by atoms with Gasteiger partial charge in [0.05, 0.1) is 6.10 Å². The molecule has 0 radical (unpaired) electrons. The summed E-state index contributed by atoms with van der Waals surface area (Å²) >= 11 is 0. The summed E-state index contributed by atoms with van der Waals surface area (Å²) in [5.41, 5.74) is 0. The molecule has 0 bridgehead atoms. The number of carboxylic acids is 1. The van der Waals surface area contributed by atoms with E-state index >= 15 is 0 Å². The second-order valence-electron chi connectivity index (χ2n) is 2.63. The molecule has 2 unspecified atom stereocenters. The van der Waals surface area contributed by atoms with Crippen LogP contribution in [0.3, 0.4) is 0 Å². The summed E-state index contributed by atoms with van der Waals surface area (Å²) in [5, 5.41) is 8.26. The van der Waals surface area contributed by atoms with Gasteiger partial charge in [-0.2, -0.15) is 13.2 Å². The van der Waals surface area contributed by atoms with Gasteiger partial charge in [-0.05, 0) is 13.8 Å². The summed E-state index contributed by atoms with van der Waals surface area (Å²) in [6.07, 6.45) is -5.72. The Bertz CT molecular complexity index is 222. The number of hydrogen-bond acceptors (Lipinski definition) is 2. The average molecular weight is 212 g/mol. The summed E-state index contributed by atoms with van der Waals surface area (Å²) in [4.78, 5) is 10.2. The summed E-state index contributed by atoms with van der Waals surface area (Å²) in [6, 6.07) is 0. The first-order valence-electron chi connectivity index (χ1n) is 3.86. The maximum Gasteiger partial charge on any atom is 0.425 e. The zero-order valence-electron chi connectivity index (χ0n) is 7.71. The Morgan fingerprint density at radius 2 is 2.00 bits per heavy atom. The maximum absolute atomic E-state index is 12.0. The van der Waals surface area contributed by atoms with Gasteiger partial charge >= 0.3 is 12.1 Å². The molecule has 0 aromatic rings. The Hall–Kier alpha value is -1.04. The van der Waals surface area contributed by atoms with Crippen LogP contribution < -0.4 is 0 Å². The average Bonchev–Trinajstić information content (AvgIpc) is 1.98. The van der Waals surface area contributed by atoms with E-state index in [4.69, 9.17) is 5.11 Å². The minimum Gasteiger partial charge on any atom is -0.479 e. The van der Waals surface area contributed by atoms with Crippen LogP contribution in [0.15, 0.2) is 12.2 Å². The molecule has 14 heavy (non-hydrogen) atoms. The quantitative estimate of drug-likeness (QED) is 0.725. The van der Waals surface area contributed by atoms with Crippen LogP contribution in [0.1, 0.15) is 13.8 Å². The molecule has 0 saturated heterocycles. The highest BCUT2D eigenvalue weighted by Gasteiger charge is 2.47. The molecule has 0 aromatic carbocycles. The van der Waals surface area contributed by atoms with E-state index in [9.17, 15) is 18.0 Å². The van der Waals surface area contributed by atoms with Crippen molar-refractivity contribution in [3.05, 3.63) is 12.2 Å². The normalized spacial score (nSPS) is 16.9. The lowest BCUT2D eigenvalue weighted by molar-refractivity contribution is -0.232. The van der Waals surface area contributed by atoms with E-state index in [1.54, 1.807) is 6.92 Å². The minimum absolute atomic E-state index is 0.886. The van der Waals surface area contributed by atoms with Gasteiger partial charge < -0.3 is 9.84 Å². The zero-order chi connectivity index (χ0) is 11.4. The number of aliphatic carboxylic acids is 1. The minimum atomic E-state index is -4.89. The van der Waals surface area contributed by atoms with Crippen LogP contribution in [0.2, 0.25) is 0 Å². The summed E-state index contributed by atoms with van der Waals surface area (Å²) < 4.78 is 40.4. The number of alkyl halides is 3. The van der Waals surface area contributed by atoms with Gasteiger partial charge in [-0.1, -0.05) is 12.2 Å². The van der Waals surface area contributed by atoms with Gasteiger partial charge in [0.25, 0.3) is 6.10 Å². The predicted octanol–water partition coefficient (Wildman–Crippen LogP) is 1.98. The molecule has 0 aliphatic rings. The van der Waals surface area contributed by atoms with Crippen LogP contribution >= 0.6 is 0 Å². The van der Waals surface area contributed by atoms with Crippen molar-refractivity contribution < 1.29 is 27.8 Å². The highest BCUT2D eigenvalue weighted by atomic mass is 19.4. The number of carbonyl (C=O) groups is 1. The fourth-order valence-corrected chi connectivity index (χ4v) is 0.806. The van der Waals surface area contributed by atoms with Crippen LogP contribution in [0.4, 0.5) is 13.2 Å². The van der Waals surface area contributed by atoms with E-state index in [2.05, 4.69) is 4.74 Å². The molecule has 0 rings (SSSR count). The van der Waals surface area contributed by atoms with E-state index in [-0.39, 0.29) is 0 Å². The van der Waals surface area contributed by atoms with E-state index < -0.39 is 24.4 Å². The number of rotatable bonds is 4. The van der Waals surface area contributed by atoms with Crippen LogP contribution in [0.5, 0.6) is 0 Å². The lowest BCUT2D eigenvalue weighted by Gasteiger charge is -2.19. The Morgan fingerprint density at radius 3 is 2.29 bits per heavy atom. The lowest BCUT2D eigenvalue weighted by atomic mass is 10.3. The monoisotopic (exact) mass is 212 g/mol. The second kappa shape index (κ2) is 4.99. The van der Waals surface area contributed by atoms with Crippen molar-refractivity contribution in [2.24, 2.45) is 0 Å². The number of allylic oxidation sites excluding steroid dienone is 1. The van der Waals surface area contributed by atoms with Gasteiger partial charge in [0, 0.05) is 0 Å². The first kappa shape index (κ1) is 13.0. The highest BCUT2D eigenvalue weighted by Crippen LogP contribution is 2.24. The molecule has 82 valence electrons. The molecule has 0 spiro atoms. The molecule has 3 nitrogen and oxygen atoms in total. The summed E-state index contributed by atoms with van der Waals surface area (Å²) in [5.74, 6) is -2.03. The van der Waals surface area contributed by atoms with Gasteiger partial charge in [0.1, 0.15) is 0 Å². The molecule has 0 fully saturated rings. The van der Waals surface area contributed by atoms with Crippen molar-refractivity contribution >= 4 is 5.97 Å². The van der Waals surface area contributed by atoms with Gasteiger partial charge in [0.2, 0.25) is 0 Å². The van der Waals surface area contributed by atoms with Gasteiger partial charge in [-0.15, -0.1) is 0 Å². The Labute approximate surface area is 79.2 Å². The summed E-state index contributed by atoms with van der Waals surface area (Å²) in [7, 11) is 0. The van der Waals surface area contributed by atoms with Gasteiger partial charge in [0.15, 0.2) is 0 Å². The Balaban J connectivity index is 4.47. The molecular formula is C8H11F3O3. The number of ether oxygens (including phenoxy) is 1. The van der Waals surface area contributed by atoms with Crippen LogP contribution in [0.25, 0.3) is 0 Å². The fraction of sp³-hybridized carbons (Fsp3) is 0.625. The Morgan fingerprint density at radius 1 is 1.50 bits per heavy atom. The molecule has 0 aliphatic heterocycles.